The zero-order chi connectivity index (χ0) is 21.7. The molecule has 4 rings (SSSR count). The summed E-state index contributed by atoms with van der Waals surface area (Å²) in [7, 11) is 0. The lowest BCUT2D eigenvalue weighted by Crippen LogP contribution is -2.11. The predicted octanol–water partition coefficient (Wildman–Crippen LogP) is 5.18. The van der Waals surface area contributed by atoms with E-state index in [1.807, 2.05) is 48.5 Å². The van der Waals surface area contributed by atoms with E-state index < -0.39 is 11.7 Å². The molecule has 158 valence electrons. The maximum absolute atomic E-state index is 12.8. The van der Waals surface area contributed by atoms with Gasteiger partial charge in [0.05, 0.1) is 12.1 Å². The average molecular weight is 425 g/mol. The fourth-order valence-corrected chi connectivity index (χ4v) is 2.89. The molecule has 0 amide bonds. The fraction of sp³-hybridized carbons (Fsp3) is 0.136. The van der Waals surface area contributed by atoms with Crippen molar-refractivity contribution < 1.29 is 17.9 Å². The highest BCUT2D eigenvalue weighted by atomic mass is 19.4. The number of benzene rings is 3. The number of nitrogens with zero attached hydrogens (tertiary/aromatic N) is 4. The van der Waals surface area contributed by atoms with Gasteiger partial charge >= 0.3 is 6.18 Å². The van der Waals surface area contributed by atoms with Gasteiger partial charge in [0.15, 0.2) is 0 Å². The number of ether oxygens (including phenoxy) is 1. The number of hydrogen-bond acceptors (Lipinski definition) is 5. The Labute approximate surface area is 176 Å². The SMILES string of the molecule is FC(F)(F)c1ccc(Nc2ccccc2-c2nnn(CCOc3ccccc3)n2)cc1. The normalized spacial score (nSPS) is 11.3. The Morgan fingerprint density at radius 3 is 2.32 bits per heavy atom. The van der Waals surface area contributed by atoms with Crippen LogP contribution in [0.1, 0.15) is 5.56 Å². The largest absolute Gasteiger partial charge is 0.492 e. The van der Waals surface area contributed by atoms with E-state index in [1.165, 1.54) is 16.9 Å². The van der Waals surface area contributed by atoms with Gasteiger partial charge < -0.3 is 10.1 Å². The topological polar surface area (TPSA) is 64.9 Å². The smallest absolute Gasteiger partial charge is 0.416 e. The zero-order valence-corrected chi connectivity index (χ0v) is 16.3. The number of tetrazole rings is 1. The quantitative estimate of drug-likeness (QED) is 0.442. The van der Waals surface area contributed by atoms with E-state index in [0.717, 1.165) is 17.9 Å². The lowest BCUT2D eigenvalue weighted by atomic mass is 10.1. The lowest BCUT2D eigenvalue weighted by Gasteiger charge is -2.11. The van der Waals surface area contributed by atoms with E-state index in [0.29, 0.717) is 35.9 Å². The minimum absolute atomic E-state index is 0.380. The van der Waals surface area contributed by atoms with Gasteiger partial charge in [-0.15, -0.1) is 10.2 Å². The van der Waals surface area contributed by atoms with Gasteiger partial charge in [0.1, 0.15) is 12.4 Å². The Hall–Kier alpha value is -3.88. The van der Waals surface area contributed by atoms with Crippen molar-refractivity contribution in [3.05, 3.63) is 84.4 Å². The first-order chi connectivity index (χ1) is 15.0. The molecule has 0 saturated carbocycles. The molecule has 4 aromatic rings. The highest BCUT2D eigenvalue weighted by Gasteiger charge is 2.29. The van der Waals surface area contributed by atoms with Crippen molar-refractivity contribution in [1.82, 2.24) is 20.2 Å². The molecule has 0 aliphatic carbocycles. The molecule has 1 aromatic heterocycles. The van der Waals surface area contributed by atoms with Crippen molar-refractivity contribution in [3.63, 3.8) is 0 Å². The number of halogens is 3. The summed E-state index contributed by atoms with van der Waals surface area (Å²) in [4.78, 5) is 1.44. The minimum atomic E-state index is -4.37. The van der Waals surface area contributed by atoms with Gasteiger partial charge in [-0.25, -0.2) is 0 Å². The van der Waals surface area contributed by atoms with Crippen LogP contribution in [0, 0.1) is 0 Å². The number of nitrogens with one attached hydrogen (secondary N) is 1. The number of alkyl halides is 3. The van der Waals surface area contributed by atoms with Crippen LogP contribution < -0.4 is 10.1 Å². The maximum atomic E-state index is 12.8. The Kier molecular flexibility index (Phi) is 5.83. The van der Waals surface area contributed by atoms with Crippen LogP contribution in [0.3, 0.4) is 0 Å². The summed E-state index contributed by atoms with van der Waals surface area (Å²) in [5.74, 6) is 1.16. The minimum Gasteiger partial charge on any atom is -0.492 e. The van der Waals surface area contributed by atoms with E-state index in [2.05, 4.69) is 20.7 Å². The first-order valence-corrected chi connectivity index (χ1v) is 9.48. The van der Waals surface area contributed by atoms with Crippen LogP contribution in [-0.4, -0.2) is 26.8 Å². The van der Waals surface area contributed by atoms with E-state index in [4.69, 9.17) is 4.74 Å². The summed E-state index contributed by atoms with van der Waals surface area (Å²) in [6, 6.07) is 21.5. The van der Waals surface area contributed by atoms with Gasteiger partial charge in [-0.05, 0) is 53.7 Å². The Balaban J connectivity index is 1.45. The number of rotatable bonds is 7. The molecule has 6 nitrogen and oxygen atoms in total. The van der Waals surface area contributed by atoms with E-state index >= 15 is 0 Å². The predicted molar refractivity (Wildman–Crippen MR) is 110 cm³/mol. The molecule has 0 aliphatic rings. The average Bonchev–Trinajstić information content (AvgIpc) is 3.23. The molecule has 3 aromatic carbocycles. The van der Waals surface area contributed by atoms with Crippen molar-refractivity contribution in [3.8, 4) is 17.1 Å². The molecule has 0 saturated heterocycles. The highest BCUT2D eigenvalue weighted by Crippen LogP contribution is 2.32. The standard InChI is InChI=1S/C22H18F3N5O/c23-22(24,25)16-10-12-17(13-11-16)26-20-9-5-4-8-19(20)21-27-29-30(28-21)14-15-31-18-6-2-1-3-7-18/h1-13,26H,14-15H2. The third kappa shape index (κ3) is 5.19. The van der Waals surface area contributed by atoms with Crippen molar-refractivity contribution in [1.29, 1.82) is 0 Å². The van der Waals surface area contributed by atoms with Crippen molar-refractivity contribution >= 4 is 11.4 Å². The molecule has 9 heteroatoms. The van der Waals surface area contributed by atoms with Crippen LogP contribution in [0.25, 0.3) is 11.4 Å². The van der Waals surface area contributed by atoms with E-state index in [1.54, 1.807) is 6.07 Å². The molecule has 0 atom stereocenters. The first-order valence-electron chi connectivity index (χ1n) is 9.48. The zero-order valence-electron chi connectivity index (χ0n) is 16.3. The van der Waals surface area contributed by atoms with Crippen LogP contribution in [0.4, 0.5) is 24.5 Å². The maximum Gasteiger partial charge on any atom is 0.416 e. The number of anilines is 2. The summed E-state index contributed by atoms with van der Waals surface area (Å²) in [6.45, 7) is 0.793. The van der Waals surface area contributed by atoms with Gasteiger partial charge in [0.2, 0.25) is 5.82 Å². The summed E-state index contributed by atoms with van der Waals surface area (Å²) in [5, 5.41) is 15.7. The molecule has 0 aliphatic heterocycles. The highest BCUT2D eigenvalue weighted by molar-refractivity contribution is 5.77. The molecular formula is C22H18F3N5O. The van der Waals surface area contributed by atoms with Crippen LogP contribution >= 0.6 is 0 Å². The van der Waals surface area contributed by atoms with Gasteiger partial charge in [-0.1, -0.05) is 30.3 Å². The Bertz CT molecular complexity index is 1130. The van der Waals surface area contributed by atoms with Crippen LogP contribution in [0.2, 0.25) is 0 Å². The summed E-state index contributed by atoms with van der Waals surface area (Å²) in [5.41, 5.74) is 1.15. The Morgan fingerprint density at radius 2 is 1.58 bits per heavy atom. The monoisotopic (exact) mass is 425 g/mol. The summed E-state index contributed by atoms with van der Waals surface area (Å²) < 4.78 is 43.9. The van der Waals surface area contributed by atoms with Crippen molar-refractivity contribution in [2.45, 2.75) is 12.7 Å². The summed E-state index contributed by atoms with van der Waals surface area (Å²) in [6.07, 6.45) is -4.37. The number of para-hydroxylation sites is 2. The molecular weight excluding hydrogens is 407 g/mol. The van der Waals surface area contributed by atoms with Crippen LogP contribution in [0.15, 0.2) is 78.9 Å². The molecule has 0 spiro atoms. The van der Waals surface area contributed by atoms with Gasteiger partial charge in [0, 0.05) is 16.9 Å². The second kappa shape index (κ2) is 8.86. The van der Waals surface area contributed by atoms with Gasteiger partial charge in [-0.2, -0.15) is 18.0 Å². The third-order valence-electron chi connectivity index (χ3n) is 4.42. The second-order valence-electron chi connectivity index (χ2n) is 6.62. The van der Waals surface area contributed by atoms with Crippen molar-refractivity contribution in [2.75, 3.05) is 11.9 Å². The van der Waals surface area contributed by atoms with Crippen LogP contribution in [-0.2, 0) is 12.7 Å². The number of hydrogen-bond donors (Lipinski definition) is 1. The fourth-order valence-electron chi connectivity index (χ4n) is 2.89. The Morgan fingerprint density at radius 1 is 0.871 bits per heavy atom. The van der Waals surface area contributed by atoms with Crippen molar-refractivity contribution in [2.24, 2.45) is 0 Å². The molecule has 1 N–H and O–H groups in total. The third-order valence-corrected chi connectivity index (χ3v) is 4.42. The summed E-state index contributed by atoms with van der Waals surface area (Å²) >= 11 is 0. The molecule has 0 unspecified atom stereocenters. The van der Waals surface area contributed by atoms with E-state index in [-0.39, 0.29) is 0 Å². The lowest BCUT2D eigenvalue weighted by molar-refractivity contribution is -0.137. The van der Waals surface area contributed by atoms with Crippen LogP contribution in [0.5, 0.6) is 5.75 Å². The van der Waals surface area contributed by atoms with Gasteiger partial charge in [0.25, 0.3) is 0 Å². The number of aromatic nitrogens is 4. The molecule has 31 heavy (non-hydrogen) atoms. The van der Waals surface area contributed by atoms with Gasteiger partial charge in [-0.3, -0.25) is 0 Å². The first kappa shape index (κ1) is 20.4. The molecule has 0 bridgehead atoms. The molecule has 0 fully saturated rings. The molecule has 0 radical (unpaired) electrons. The van der Waals surface area contributed by atoms with E-state index in [9.17, 15) is 13.2 Å². The molecule has 1 heterocycles. The second-order valence-corrected chi connectivity index (χ2v) is 6.62.